The number of carboxylic acids is 1. The lowest BCUT2D eigenvalue weighted by atomic mass is 9.93. The second-order valence-corrected chi connectivity index (χ2v) is 4.50. The Morgan fingerprint density at radius 3 is 2.63 bits per heavy atom. The molecule has 0 spiro atoms. The molecule has 1 aromatic carbocycles. The van der Waals surface area contributed by atoms with Gasteiger partial charge in [0, 0.05) is 13.2 Å². The highest BCUT2D eigenvalue weighted by Crippen LogP contribution is 2.22. The van der Waals surface area contributed by atoms with Gasteiger partial charge < -0.3 is 5.11 Å². The topological polar surface area (TPSA) is 55.1 Å². The van der Waals surface area contributed by atoms with E-state index in [9.17, 15) is 14.3 Å². The predicted octanol–water partition coefficient (Wildman–Crippen LogP) is 2.36. The van der Waals surface area contributed by atoms with Crippen LogP contribution in [0.4, 0.5) is 4.39 Å². The van der Waals surface area contributed by atoms with Crippen molar-refractivity contribution in [3.8, 4) is 0 Å². The molecule has 0 radical (unpaired) electrons. The van der Waals surface area contributed by atoms with Crippen LogP contribution < -0.4 is 0 Å². The molecule has 0 aliphatic carbocycles. The number of aryl methyl sites for hydroxylation is 2. The molecule has 5 heteroatoms. The van der Waals surface area contributed by atoms with Gasteiger partial charge in [-0.25, -0.2) is 4.39 Å². The quantitative estimate of drug-likeness (QED) is 0.900. The Balaban J connectivity index is 2.08. The van der Waals surface area contributed by atoms with E-state index in [-0.39, 0.29) is 5.82 Å². The maximum absolute atomic E-state index is 12.8. The number of rotatable bonds is 5. The smallest absolute Gasteiger partial charge is 0.310 e. The minimum atomic E-state index is -0.893. The van der Waals surface area contributed by atoms with Crippen LogP contribution in [-0.2, 0) is 18.3 Å². The van der Waals surface area contributed by atoms with E-state index in [0.29, 0.717) is 18.4 Å². The van der Waals surface area contributed by atoms with Crippen LogP contribution >= 0.6 is 0 Å². The molecule has 0 bridgehead atoms. The lowest BCUT2D eigenvalue weighted by Gasteiger charge is -2.12. The standard InChI is InChI=1S/C14H15FN2O2/c1-17-9-10(8-16-17)2-7-13(14(18)19)11-3-5-12(15)6-4-11/h3-6,8-9,13H,2,7H2,1H3,(H,18,19). The van der Waals surface area contributed by atoms with Crippen LogP contribution in [0.5, 0.6) is 0 Å². The fourth-order valence-corrected chi connectivity index (χ4v) is 2.04. The van der Waals surface area contributed by atoms with Crippen LogP contribution in [0.15, 0.2) is 36.7 Å². The SMILES string of the molecule is Cn1cc(CCC(C(=O)O)c2ccc(F)cc2)cn1. The lowest BCUT2D eigenvalue weighted by Crippen LogP contribution is -2.12. The summed E-state index contributed by atoms with van der Waals surface area (Å²) in [5, 5.41) is 13.3. The molecule has 1 atom stereocenters. The molecule has 1 aromatic heterocycles. The summed E-state index contributed by atoms with van der Waals surface area (Å²) >= 11 is 0. The normalized spacial score (nSPS) is 12.3. The zero-order valence-electron chi connectivity index (χ0n) is 10.6. The molecule has 4 nitrogen and oxygen atoms in total. The third-order valence-corrected chi connectivity index (χ3v) is 3.05. The highest BCUT2D eigenvalue weighted by Gasteiger charge is 2.19. The van der Waals surface area contributed by atoms with Crippen molar-refractivity contribution in [2.24, 2.45) is 7.05 Å². The molecule has 2 aromatic rings. The van der Waals surface area contributed by atoms with E-state index in [1.54, 1.807) is 10.9 Å². The number of aromatic nitrogens is 2. The largest absolute Gasteiger partial charge is 0.481 e. The van der Waals surface area contributed by atoms with E-state index in [0.717, 1.165) is 5.56 Å². The van der Waals surface area contributed by atoms with E-state index >= 15 is 0 Å². The minimum absolute atomic E-state index is 0.361. The van der Waals surface area contributed by atoms with E-state index in [1.807, 2.05) is 13.2 Å². The summed E-state index contributed by atoms with van der Waals surface area (Å²) in [5.41, 5.74) is 1.62. The van der Waals surface area contributed by atoms with Crippen molar-refractivity contribution in [3.63, 3.8) is 0 Å². The van der Waals surface area contributed by atoms with E-state index in [4.69, 9.17) is 0 Å². The Kier molecular flexibility index (Phi) is 3.94. The van der Waals surface area contributed by atoms with E-state index < -0.39 is 11.9 Å². The van der Waals surface area contributed by atoms with Crippen LogP contribution in [0.3, 0.4) is 0 Å². The summed E-state index contributed by atoms with van der Waals surface area (Å²) < 4.78 is 14.5. The van der Waals surface area contributed by atoms with Crippen molar-refractivity contribution in [3.05, 3.63) is 53.6 Å². The number of benzene rings is 1. The van der Waals surface area contributed by atoms with Gasteiger partial charge in [0.05, 0.1) is 12.1 Å². The summed E-state index contributed by atoms with van der Waals surface area (Å²) in [4.78, 5) is 11.3. The summed E-state index contributed by atoms with van der Waals surface area (Å²) in [6.45, 7) is 0. The van der Waals surface area contributed by atoms with Crippen molar-refractivity contribution in [1.29, 1.82) is 0 Å². The van der Waals surface area contributed by atoms with Crippen LogP contribution in [0, 0.1) is 5.82 Å². The Hall–Kier alpha value is -2.17. The summed E-state index contributed by atoms with van der Waals surface area (Å²) in [6, 6.07) is 5.62. The molecule has 0 amide bonds. The zero-order chi connectivity index (χ0) is 13.8. The fourth-order valence-electron chi connectivity index (χ4n) is 2.04. The number of hydrogen-bond acceptors (Lipinski definition) is 2. The number of aliphatic carboxylic acids is 1. The molecule has 0 saturated carbocycles. The van der Waals surface area contributed by atoms with Gasteiger partial charge in [0.1, 0.15) is 5.82 Å². The summed E-state index contributed by atoms with van der Waals surface area (Å²) in [6.07, 6.45) is 4.68. The van der Waals surface area contributed by atoms with Crippen LogP contribution in [0.2, 0.25) is 0 Å². The van der Waals surface area contributed by atoms with Gasteiger partial charge in [-0.15, -0.1) is 0 Å². The molecular weight excluding hydrogens is 247 g/mol. The van der Waals surface area contributed by atoms with Crippen molar-refractivity contribution in [2.45, 2.75) is 18.8 Å². The number of nitrogens with zero attached hydrogens (tertiary/aromatic N) is 2. The molecule has 1 N–H and O–H groups in total. The summed E-state index contributed by atoms with van der Waals surface area (Å²) in [5.74, 6) is -1.88. The van der Waals surface area contributed by atoms with E-state index in [2.05, 4.69) is 5.10 Å². The minimum Gasteiger partial charge on any atom is -0.481 e. The molecule has 100 valence electrons. The average molecular weight is 262 g/mol. The maximum atomic E-state index is 12.8. The van der Waals surface area contributed by atoms with Crippen molar-refractivity contribution < 1.29 is 14.3 Å². The molecule has 0 saturated heterocycles. The molecule has 1 heterocycles. The van der Waals surface area contributed by atoms with Gasteiger partial charge >= 0.3 is 5.97 Å². The average Bonchev–Trinajstić information content (AvgIpc) is 2.77. The second kappa shape index (κ2) is 5.65. The first-order valence-electron chi connectivity index (χ1n) is 6.02. The Morgan fingerprint density at radius 2 is 2.11 bits per heavy atom. The highest BCUT2D eigenvalue weighted by molar-refractivity contribution is 5.76. The lowest BCUT2D eigenvalue weighted by molar-refractivity contribution is -0.138. The molecule has 2 rings (SSSR count). The van der Waals surface area contributed by atoms with Crippen molar-refractivity contribution in [1.82, 2.24) is 9.78 Å². The van der Waals surface area contributed by atoms with Gasteiger partial charge in [0.15, 0.2) is 0 Å². The van der Waals surface area contributed by atoms with Crippen molar-refractivity contribution in [2.75, 3.05) is 0 Å². The summed E-state index contributed by atoms with van der Waals surface area (Å²) in [7, 11) is 1.82. The first-order valence-corrected chi connectivity index (χ1v) is 6.02. The predicted molar refractivity (Wildman–Crippen MR) is 68.3 cm³/mol. The Bertz CT molecular complexity index is 563. The number of halogens is 1. The third-order valence-electron chi connectivity index (χ3n) is 3.05. The number of carboxylic acid groups (broad SMARTS) is 1. The van der Waals surface area contributed by atoms with Crippen LogP contribution in [0.1, 0.15) is 23.5 Å². The monoisotopic (exact) mass is 262 g/mol. The molecule has 19 heavy (non-hydrogen) atoms. The van der Waals surface area contributed by atoms with Crippen molar-refractivity contribution >= 4 is 5.97 Å². The Morgan fingerprint density at radius 1 is 1.42 bits per heavy atom. The van der Waals surface area contributed by atoms with Gasteiger partial charge in [0.25, 0.3) is 0 Å². The zero-order valence-corrected chi connectivity index (χ0v) is 10.6. The maximum Gasteiger partial charge on any atom is 0.310 e. The van der Waals surface area contributed by atoms with Gasteiger partial charge in [-0.1, -0.05) is 12.1 Å². The first-order chi connectivity index (χ1) is 9.06. The fraction of sp³-hybridized carbons (Fsp3) is 0.286. The van der Waals surface area contributed by atoms with Gasteiger partial charge in [-0.05, 0) is 36.1 Å². The first kappa shape index (κ1) is 13.3. The molecule has 0 fully saturated rings. The van der Waals surface area contributed by atoms with Gasteiger partial charge in [-0.3, -0.25) is 9.48 Å². The molecule has 0 aliphatic rings. The van der Waals surface area contributed by atoms with E-state index in [1.165, 1.54) is 24.3 Å². The van der Waals surface area contributed by atoms with Gasteiger partial charge in [-0.2, -0.15) is 5.10 Å². The second-order valence-electron chi connectivity index (χ2n) is 4.50. The molecule has 1 unspecified atom stereocenters. The Labute approximate surface area is 110 Å². The number of hydrogen-bond donors (Lipinski definition) is 1. The van der Waals surface area contributed by atoms with Gasteiger partial charge in [0.2, 0.25) is 0 Å². The van der Waals surface area contributed by atoms with Crippen LogP contribution in [0.25, 0.3) is 0 Å². The highest BCUT2D eigenvalue weighted by atomic mass is 19.1. The molecular formula is C14H15FN2O2. The molecule has 0 aliphatic heterocycles. The van der Waals surface area contributed by atoms with Crippen LogP contribution in [-0.4, -0.2) is 20.9 Å². The third kappa shape index (κ3) is 3.40. The number of carbonyl (C=O) groups is 1.